The molecule has 0 atom stereocenters. The Kier molecular flexibility index (Phi) is 3.48. The minimum atomic E-state index is -0.268. The van der Waals surface area contributed by atoms with Crippen LogP contribution in [0, 0.1) is 5.82 Å². The van der Waals surface area contributed by atoms with Gasteiger partial charge in [-0.1, -0.05) is 43.0 Å². The minimum absolute atomic E-state index is 0.0389. The molecular formula is C18H16FNO. The maximum Gasteiger partial charge on any atom is 0.132 e. The van der Waals surface area contributed by atoms with Gasteiger partial charge in [-0.3, -0.25) is 0 Å². The zero-order valence-electron chi connectivity index (χ0n) is 11.6. The Hall–Kier alpha value is -2.55. The Balaban J connectivity index is 2.10. The summed E-state index contributed by atoms with van der Waals surface area (Å²) in [6.07, 6.45) is 2.15. The van der Waals surface area contributed by atoms with Crippen LogP contribution in [0.5, 0.6) is 0 Å². The lowest BCUT2D eigenvalue weighted by atomic mass is 10.1. The molecule has 21 heavy (non-hydrogen) atoms. The summed E-state index contributed by atoms with van der Waals surface area (Å²) in [4.78, 5) is 0. The Bertz CT molecular complexity index is 790. The molecule has 1 aromatic heterocycles. The zero-order chi connectivity index (χ0) is 14.8. The van der Waals surface area contributed by atoms with Crippen molar-refractivity contribution in [2.45, 2.75) is 13.0 Å². The van der Waals surface area contributed by atoms with Crippen LogP contribution in [-0.4, -0.2) is 9.67 Å². The molecule has 0 spiro atoms. The molecule has 2 aromatic carbocycles. The molecule has 0 fully saturated rings. The highest BCUT2D eigenvalue weighted by molar-refractivity contribution is 5.85. The van der Waals surface area contributed by atoms with E-state index in [0.29, 0.717) is 11.9 Å². The van der Waals surface area contributed by atoms with Gasteiger partial charge < -0.3 is 9.67 Å². The van der Waals surface area contributed by atoms with Crippen molar-refractivity contribution in [3.8, 4) is 0 Å². The summed E-state index contributed by atoms with van der Waals surface area (Å²) in [5, 5.41) is 9.99. The number of allylic oxidation sites excluding steroid dienone is 1. The van der Waals surface area contributed by atoms with E-state index in [9.17, 15) is 9.50 Å². The maximum absolute atomic E-state index is 14.1. The Morgan fingerprint density at radius 2 is 1.86 bits per heavy atom. The fourth-order valence-electron chi connectivity index (χ4n) is 2.66. The molecule has 0 saturated heterocycles. The lowest BCUT2D eigenvalue weighted by Crippen LogP contribution is -1.97. The summed E-state index contributed by atoms with van der Waals surface area (Å²) in [6.45, 7) is 4.17. The standard InChI is InChI=1S/C18H16FNO/c1-13(21)10-15-12-20(11-14-6-3-2-4-7-14)17-9-5-8-16(19)18(15)17/h2-9,12,21H,1,10-11H2. The van der Waals surface area contributed by atoms with Gasteiger partial charge in [-0.2, -0.15) is 0 Å². The number of hydrogen-bond donors (Lipinski definition) is 1. The van der Waals surface area contributed by atoms with Crippen LogP contribution in [0.3, 0.4) is 0 Å². The second kappa shape index (κ2) is 5.44. The molecule has 106 valence electrons. The number of hydrogen-bond acceptors (Lipinski definition) is 1. The van der Waals surface area contributed by atoms with E-state index in [1.54, 1.807) is 6.07 Å². The van der Waals surface area contributed by atoms with Gasteiger partial charge in [0, 0.05) is 24.5 Å². The van der Waals surface area contributed by atoms with Crippen LogP contribution in [0.1, 0.15) is 11.1 Å². The molecule has 3 aromatic rings. The lowest BCUT2D eigenvalue weighted by Gasteiger charge is -2.05. The monoisotopic (exact) mass is 281 g/mol. The van der Waals surface area contributed by atoms with E-state index in [2.05, 4.69) is 6.58 Å². The van der Waals surface area contributed by atoms with E-state index < -0.39 is 0 Å². The van der Waals surface area contributed by atoms with Crippen LogP contribution in [0.4, 0.5) is 4.39 Å². The molecule has 0 aliphatic rings. The van der Waals surface area contributed by atoms with E-state index in [0.717, 1.165) is 16.6 Å². The van der Waals surface area contributed by atoms with E-state index in [1.807, 2.05) is 47.2 Å². The van der Waals surface area contributed by atoms with E-state index in [1.165, 1.54) is 6.07 Å². The molecule has 0 unspecified atom stereocenters. The number of aliphatic hydroxyl groups excluding tert-OH is 1. The third kappa shape index (κ3) is 2.68. The van der Waals surface area contributed by atoms with Crippen molar-refractivity contribution in [1.82, 2.24) is 4.57 Å². The molecule has 0 bridgehead atoms. The van der Waals surface area contributed by atoms with Crippen molar-refractivity contribution in [2.75, 3.05) is 0 Å². The first-order valence-electron chi connectivity index (χ1n) is 6.82. The minimum Gasteiger partial charge on any atom is -0.513 e. The summed E-state index contributed by atoms with van der Waals surface area (Å²) >= 11 is 0. The molecule has 2 nitrogen and oxygen atoms in total. The molecule has 0 amide bonds. The highest BCUT2D eigenvalue weighted by atomic mass is 19.1. The van der Waals surface area contributed by atoms with Crippen molar-refractivity contribution in [3.63, 3.8) is 0 Å². The van der Waals surface area contributed by atoms with Crippen molar-refractivity contribution >= 4 is 10.9 Å². The fourth-order valence-corrected chi connectivity index (χ4v) is 2.66. The summed E-state index contributed by atoms with van der Waals surface area (Å²) in [6, 6.07) is 15.1. The first kappa shape index (κ1) is 13.4. The number of aliphatic hydroxyl groups is 1. The van der Waals surface area contributed by atoms with Gasteiger partial charge in [0.1, 0.15) is 5.82 Å². The van der Waals surface area contributed by atoms with Gasteiger partial charge in [-0.05, 0) is 23.3 Å². The lowest BCUT2D eigenvalue weighted by molar-refractivity contribution is 0.402. The predicted molar refractivity (Wildman–Crippen MR) is 82.9 cm³/mol. The number of rotatable bonds is 4. The third-order valence-electron chi connectivity index (χ3n) is 3.52. The average Bonchev–Trinajstić information content (AvgIpc) is 2.78. The summed E-state index contributed by atoms with van der Waals surface area (Å²) in [7, 11) is 0. The van der Waals surface area contributed by atoms with Gasteiger partial charge in [0.25, 0.3) is 0 Å². The molecule has 3 rings (SSSR count). The molecule has 0 aliphatic carbocycles. The van der Waals surface area contributed by atoms with Crippen LogP contribution in [0.2, 0.25) is 0 Å². The van der Waals surface area contributed by atoms with E-state index in [-0.39, 0.29) is 18.0 Å². The van der Waals surface area contributed by atoms with Crippen molar-refractivity contribution in [1.29, 1.82) is 0 Å². The maximum atomic E-state index is 14.1. The quantitative estimate of drug-likeness (QED) is 0.702. The molecule has 0 saturated carbocycles. The normalized spacial score (nSPS) is 10.9. The molecular weight excluding hydrogens is 265 g/mol. The van der Waals surface area contributed by atoms with E-state index >= 15 is 0 Å². The molecule has 0 radical (unpaired) electrons. The second-order valence-corrected chi connectivity index (χ2v) is 5.14. The van der Waals surface area contributed by atoms with Crippen LogP contribution in [0.15, 0.2) is 67.1 Å². The van der Waals surface area contributed by atoms with Gasteiger partial charge in [0.05, 0.1) is 11.3 Å². The smallest absolute Gasteiger partial charge is 0.132 e. The van der Waals surface area contributed by atoms with Gasteiger partial charge >= 0.3 is 0 Å². The summed E-state index contributed by atoms with van der Waals surface area (Å²) in [5.74, 6) is -0.229. The summed E-state index contributed by atoms with van der Waals surface area (Å²) in [5.41, 5.74) is 2.73. The Labute approximate surface area is 122 Å². The molecule has 0 aliphatic heterocycles. The number of benzene rings is 2. The number of aromatic nitrogens is 1. The third-order valence-corrected chi connectivity index (χ3v) is 3.52. The SMILES string of the molecule is C=C(O)Cc1cn(Cc2ccccc2)c2cccc(F)c12. The van der Waals surface area contributed by atoms with Gasteiger partial charge in [-0.15, -0.1) is 0 Å². The highest BCUT2D eigenvalue weighted by Gasteiger charge is 2.13. The zero-order valence-corrected chi connectivity index (χ0v) is 11.6. The molecule has 1 N–H and O–H groups in total. The summed E-state index contributed by atoms with van der Waals surface area (Å²) < 4.78 is 16.1. The average molecular weight is 281 g/mol. The van der Waals surface area contributed by atoms with E-state index in [4.69, 9.17) is 0 Å². The molecule has 3 heteroatoms. The number of halogens is 1. The fraction of sp³-hybridized carbons (Fsp3) is 0.111. The Morgan fingerprint density at radius 1 is 1.10 bits per heavy atom. The van der Waals surface area contributed by atoms with Crippen LogP contribution in [0.25, 0.3) is 10.9 Å². The van der Waals surface area contributed by atoms with Crippen molar-refractivity contribution in [3.05, 3.63) is 84.0 Å². The largest absolute Gasteiger partial charge is 0.513 e. The highest BCUT2D eigenvalue weighted by Crippen LogP contribution is 2.26. The van der Waals surface area contributed by atoms with Gasteiger partial charge in [0.15, 0.2) is 0 Å². The van der Waals surface area contributed by atoms with Gasteiger partial charge in [0.2, 0.25) is 0 Å². The first-order chi connectivity index (χ1) is 10.1. The molecule has 1 heterocycles. The first-order valence-corrected chi connectivity index (χ1v) is 6.82. The van der Waals surface area contributed by atoms with Crippen LogP contribution in [-0.2, 0) is 13.0 Å². The van der Waals surface area contributed by atoms with Crippen LogP contribution < -0.4 is 0 Å². The van der Waals surface area contributed by atoms with Crippen LogP contribution >= 0.6 is 0 Å². The Morgan fingerprint density at radius 3 is 2.57 bits per heavy atom. The van der Waals surface area contributed by atoms with Crippen molar-refractivity contribution in [2.24, 2.45) is 0 Å². The van der Waals surface area contributed by atoms with Crippen molar-refractivity contribution < 1.29 is 9.50 Å². The van der Waals surface area contributed by atoms with Gasteiger partial charge in [-0.25, -0.2) is 4.39 Å². The predicted octanol–water partition coefficient (Wildman–Crippen LogP) is 4.44. The topological polar surface area (TPSA) is 25.2 Å². The second-order valence-electron chi connectivity index (χ2n) is 5.14. The number of nitrogens with zero attached hydrogens (tertiary/aromatic N) is 1. The number of fused-ring (bicyclic) bond motifs is 1.